The number of carbonyl (C=O) groups is 2. The fraction of sp³-hybridized carbons (Fsp3) is 0.231. The van der Waals surface area contributed by atoms with Crippen LogP contribution >= 0.6 is 11.6 Å². The zero-order chi connectivity index (χ0) is 24.0. The van der Waals surface area contributed by atoms with Crippen LogP contribution in [0, 0.1) is 27.7 Å². The van der Waals surface area contributed by atoms with Gasteiger partial charge < -0.3 is 20.1 Å². The first-order valence-corrected chi connectivity index (χ1v) is 10.9. The Morgan fingerprint density at radius 3 is 1.76 bits per heavy atom. The number of halogens is 1. The highest BCUT2D eigenvalue weighted by atomic mass is 35.5. The SMILES string of the molecule is Cc1ccc(C)c(OCC(=O)Nc2ccc(NC(=O)COc3cc(C)ccc3C)c(Cl)c2)c1. The molecule has 0 fully saturated rings. The average molecular weight is 467 g/mol. The minimum absolute atomic E-state index is 0.129. The molecule has 0 saturated carbocycles. The second-order valence-electron chi connectivity index (χ2n) is 7.91. The topological polar surface area (TPSA) is 76.7 Å². The summed E-state index contributed by atoms with van der Waals surface area (Å²) in [6, 6.07) is 16.5. The van der Waals surface area contributed by atoms with Crippen LogP contribution in [0.5, 0.6) is 11.5 Å². The summed E-state index contributed by atoms with van der Waals surface area (Å²) in [6.45, 7) is 7.49. The highest BCUT2D eigenvalue weighted by Gasteiger charge is 2.11. The fourth-order valence-electron chi connectivity index (χ4n) is 3.09. The number of anilines is 2. The van der Waals surface area contributed by atoms with E-state index in [1.165, 1.54) is 0 Å². The van der Waals surface area contributed by atoms with Crippen LogP contribution in [0.3, 0.4) is 0 Å². The van der Waals surface area contributed by atoms with Crippen LogP contribution in [0.15, 0.2) is 54.6 Å². The lowest BCUT2D eigenvalue weighted by Crippen LogP contribution is -2.21. The van der Waals surface area contributed by atoms with Crippen molar-refractivity contribution in [3.8, 4) is 11.5 Å². The van der Waals surface area contributed by atoms with Crippen molar-refractivity contribution < 1.29 is 19.1 Å². The first-order valence-electron chi connectivity index (χ1n) is 10.5. The van der Waals surface area contributed by atoms with E-state index >= 15 is 0 Å². The molecule has 0 spiro atoms. The maximum atomic E-state index is 12.3. The zero-order valence-electron chi connectivity index (χ0n) is 19.1. The maximum Gasteiger partial charge on any atom is 0.262 e. The number of nitrogens with one attached hydrogen (secondary N) is 2. The van der Waals surface area contributed by atoms with Crippen molar-refractivity contribution >= 4 is 34.8 Å². The number of hydrogen-bond donors (Lipinski definition) is 2. The van der Waals surface area contributed by atoms with E-state index in [2.05, 4.69) is 10.6 Å². The summed E-state index contributed by atoms with van der Waals surface area (Å²) in [5.74, 6) is 0.684. The third-order valence-corrected chi connectivity index (χ3v) is 5.24. The van der Waals surface area contributed by atoms with Gasteiger partial charge in [0.05, 0.1) is 10.7 Å². The third kappa shape index (κ3) is 6.99. The van der Waals surface area contributed by atoms with E-state index in [1.807, 2.05) is 64.1 Å². The largest absolute Gasteiger partial charge is 0.483 e. The molecule has 0 aliphatic carbocycles. The van der Waals surface area contributed by atoms with E-state index in [0.29, 0.717) is 27.9 Å². The molecule has 33 heavy (non-hydrogen) atoms. The molecule has 0 heterocycles. The highest BCUT2D eigenvalue weighted by Crippen LogP contribution is 2.26. The van der Waals surface area contributed by atoms with Gasteiger partial charge in [-0.2, -0.15) is 0 Å². The molecule has 0 saturated heterocycles. The Kier molecular flexibility index (Phi) is 7.96. The summed E-state index contributed by atoms with van der Waals surface area (Å²) in [5.41, 5.74) is 4.94. The van der Waals surface area contributed by atoms with Crippen LogP contribution in [0.25, 0.3) is 0 Å². The predicted octanol–water partition coefficient (Wildman–Crippen LogP) is 5.61. The first kappa shape index (κ1) is 24.1. The van der Waals surface area contributed by atoms with Gasteiger partial charge in [-0.05, 0) is 80.3 Å². The van der Waals surface area contributed by atoms with Crippen LogP contribution < -0.4 is 20.1 Å². The van der Waals surface area contributed by atoms with Gasteiger partial charge in [-0.15, -0.1) is 0 Å². The summed E-state index contributed by atoms with van der Waals surface area (Å²) >= 11 is 6.29. The van der Waals surface area contributed by atoms with E-state index in [-0.39, 0.29) is 25.0 Å². The van der Waals surface area contributed by atoms with Crippen molar-refractivity contribution in [2.75, 3.05) is 23.8 Å². The van der Waals surface area contributed by atoms with Crippen LogP contribution in [0.4, 0.5) is 11.4 Å². The van der Waals surface area contributed by atoms with Crippen molar-refractivity contribution in [2.24, 2.45) is 0 Å². The molecule has 2 N–H and O–H groups in total. The van der Waals surface area contributed by atoms with Gasteiger partial charge in [-0.1, -0.05) is 35.9 Å². The molecule has 0 aliphatic rings. The monoisotopic (exact) mass is 466 g/mol. The van der Waals surface area contributed by atoms with Gasteiger partial charge in [-0.25, -0.2) is 0 Å². The third-order valence-electron chi connectivity index (χ3n) is 4.93. The molecular weight excluding hydrogens is 440 g/mol. The number of aryl methyl sites for hydroxylation is 4. The van der Waals surface area contributed by atoms with Crippen molar-refractivity contribution in [3.63, 3.8) is 0 Å². The van der Waals surface area contributed by atoms with E-state index < -0.39 is 0 Å². The molecular formula is C26H27ClN2O4. The Morgan fingerprint density at radius 1 is 0.727 bits per heavy atom. The van der Waals surface area contributed by atoms with Gasteiger partial charge in [0.25, 0.3) is 11.8 Å². The van der Waals surface area contributed by atoms with Crippen molar-refractivity contribution in [3.05, 3.63) is 81.9 Å². The number of benzene rings is 3. The summed E-state index contributed by atoms with van der Waals surface area (Å²) in [7, 11) is 0. The molecule has 2 amide bonds. The molecule has 0 atom stereocenters. The van der Waals surface area contributed by atoms with E-state index in [1.54, 1.807) is 18.2 Å². The van der Waals surface area contributed by atoms with Gasteiger partial charge in [0.2, 0.25) is 0 Å². The van der Waals surface area contributed by atoms with E-state index in [0.717, 1.165) is 22.3 Å². The molecule has 3 aromatic carbocycles. The highest BCUT2D eigenvalue weighted by molar-refractivity contribution is 6.34. The van der Waals surface area contributed by atoms with Gasteiger partial charge in [0.15, 0.2) is 13.2 Å². The molecule has 0 aliphatic heterocycles. The number of carbonyl (C=O) groups excluding carboxylic acids is 2. The normalized spacial score (nSPS) is 10.5. The standard InChI is InChI=1S/C26H27ClN2O4/c1-16-5-7-18(3)23(11-16)32-14-25(30)28-20-9-10-22(21(27)13-20)29-26(31)15-33-24-12-17(2)6-8-19(24)4/h5-13H,14-15H2,1-4H3,(H,28,30)(H,29,31). The molecule has 0 bridgehead atoms. The number of hydrogen-bond acceptors (Lipinski definition) is 4. The lowest BCUT2D eigenvalue weighted by molar-refractivity contribution is -0.118. The Bertz CT molecular complexity index is 1180. The first-order chi connectivity index (χ1) is 15.7. The van der Waals surface area contributed by atoms with Gasteiger partial charge in [0.1, 0.15) is 11.5 Å². The molecule has 0 radical (unpaired) electrons. The minimum Gasteiger partial charge on any atom is -0.483 e. The number of amides is 2. The zero-order valence-corrected chi connectivity index (χ0v) is 19.9. The summed E-state index contributed by atoms with van der Waals surface area (Å²) in [5, 5.41) is 5.75. The number of rotatable bonds is 8. The van der Waals surface area contributed by atoms with Gasteiger partial charge in [-0.3, -0.25) is 9.59 Å². The number of ether oxygens (including phenoxy) is 2. The Hall–Kier alpha value is -3.51. The predicted molar refractivity (Wildman–Crippen MR) is 132 cm³/mol. The lowest BCUT2D eigenvalue weighted by atomic mass is 10.1. The van der Waals surface area contributed by atoms with Crippen LogP contribution in [0.2, 0.25) is 5.02 Å². The van der Waals surface area contributed by atoms with Crippen molar-refractivity contribution in [1.29, 1.82) is 0 Å². The quantitative estimate of drug-likeness (QED) is 0.452. The average Bonchev–Trinajstić information content (AvgIpc) is 2.77. The molecule has 3 rings (SSSR count). The maximum absolute atomic E-state index is 12.3. The van der Waals surface area contributed by atoms with E-state index in [9.17, 15) is 9.59 Å². The molecule has 6 nitrogen and oxygen atoms in total. The Morgan fingerprint density at radius 2 is 1.24 bits per heavy atom. The Labute approximate surface area is 198 Å². The molecule has 3 aromatic rings. The molecule has 172 valence electrons. The van der Waals surface area contributed by atoms with E-state index in [4.69, 9.17) is 21.1 Å². The summed E-state index contributed by atoms with van der Waals surface area (Å²) in [4.78, 5) is 24.5. The Balaban J connectivity index is 1.52. The lowest BCUT2D eigenvalue weighted by Gasteiger charge is -2.13. The smallest absolute Gasteiger partial charge is 0.262 e. The molecule has 0 aromatic heterocycles. The van der Waals surface area contributed by atoms with Gasteiger partial charge in [0, 0.05) is 5.69 Å². The molecule has 7 heteroatoms. The van der Waals surface area contributed by atoms with Crippen molar-refractivity contribution in [1.82, 2.24) is 0 Å². The summed E-state index contributed by atoms with van der Waals surface area (Å²) < 4.78 is 11.2. The second-order valence-corrected chi connectivity index (χ2v) is 8.31. The van der Waals surface area contributed by atoms with Crippen molar-refractivity contribution in [2.45, 2.75) is 27.7 Å². The van der Waals surface area contributed by atoms with Gasteiger partial charge >= 0.3 is 0 Å². The fourth-order valence-corrected chi connectivity index (χ4v) is 3.32. The van der Waals surface area contributed by atoms with Crippen LogP contribution in [-0.2, 0) is 9.59 Å². The second kappa shape index (κ2) is 10.9. The summed E-state index contributed by atoms with van der Waals surface area (Å²) in [6.07, 6.45) is 0. The van der Waals surface area contributed by atoms with Crippen LogP contribution in [-0.4, -0.2) is 25.0 Å². The molecule has 0 unspecified atom stereocenters. The minimum atomic E-state index is -0.337. The van der Waals surface area contributed by atoms with Crippen LogP contribution in [0.1, 0.15) is 22.3 Å².